The molecule has 2 N–H and O–H groups in total. The Balaban J connectivity index is 1.70. The molecule has 0 spiro atoms. The van der Waals surface area contributed by atoms with Crippen molar-refractivity contribution in [2.45, 2.75) is 105 Å². The molecule has 192 valence electrons. The Morgan fingerprint density at radius 2 is 1.88 bits per heavy atom. The molecule has 3 saturated carbocycles. The quantitative estimate of drug-likeness (QED) is 0.485. The second kappa shape index (κ2) is 9.16. The van der Waals surface area contributed by atoms with Crippen LogP contribution in [0.1, 0.15) is 87.0 Å². The van der Waals surface area contributed by atoms with E-state index in [4.69, 9.17) is 4.74 Å². The predicted octanol–water partition coefficient (Wildman–Crippen LogP) is 5.72. The van der Waals surface area contributed by atoms with Gasteiger partial charge in [0.05, 0.1) is 6.10 Å². The highest BCUT2D eigenvalue weighted by molar-refractivity contribution is 5.81. The maximum Gasteiger partial charge on any atom is 0.135 e. The second-order valence-electron chi connectivity index (χ2n) is 12.9. The molecule has 0 aromatic heterocycles. The van der Waals surface area contributed by atoms with E-state index >= 15 is 0 Å². The molecule has 0 aromatic carbocycles. The lowest BCUT2D eigenvalue weighted by molar-refractivity contribution is -0.204. The minimum Gasteiger partial charge on any atom is -0.392 e. The molecule has 10 atom stereocenters. The Hall–Kier alpha value is -0.970. The Bertz CT molecular complexity index is 845. The van der Waals surface area contributed by atoms with E-state index in [-0.39, 0.29) is 35.6 Å². The van der Waals surface area contributed by atoms with E-state index in [1.165, 1.54) is 5.57 Å². The number of aliphatic hydroxyl groups is 2. The first-order valence-electron chi connectivity index (χ1n) is 13.8. The topological polar surface area (TPSA) is 66.8 Å². The van der Waals surface area contributed by atoms with Gasteiger partial charge in [0.25, 0.3) is 0 Å². The molecule has 0 aliphatic heterocycles. The summed E-state index contributed by atoms with van der Waals surface area (Å²) in [6.45, 7) is 16.2. The molecule has 3 fully saturated rings. The van der Waals surface area contributed by atoms with Gasteiger partial charge in [-0.3, -0.25) is 4.79 Å². The first kappa shape index (κ1) is 26.1. The number of Topliss-reactive ketones (excluding diaryl/α,β-unsaturated/α-hetero) is 1. The first-order valence-corrected chi connectivity index (χ1v) is 13.8. The van der Waals surface area contributed by atoms with Crippen molar-refractivity contribution in [2.24, 2.45) is 46.3 Å². The Morgan fingerprint density at radius 3 is 2.53 bits per heavy atom. The fraction of sp³-hybridized carbons (Fsp3) is 0.833. The molecule has 34 heavy (non-hydrogen) atoms. The fourth-order valence-electron chi connectivity index (χ4n) is 8.33. The van der Waals surface area contributed by atoms with Crippen molar-refractivity contribution in [3.8, 4) is 0 Å². The number of carbonyl (C=O) groups is 1. The number of hydrogen-bond donors (Lipinski definition) is 2. The van der Waals surface area contributed by atoms with Crippen molar-refractivity contribution >= 4 is 5.78 Å². The molecule has 4 nitrogen and oxygen atoms in total. The van der Waals surface area contributed by atoms with Crippen LogP contribution in [0.3, 0.4) is 0 Å². The molecule has 0 unspecified atom stereocenters. The van der Waals surface area contributed by atoms with E-state index < -0.39 is 17.1 Å². The second-order valence-corrected chi connectivity index (χ2v) is 12.9. The third-order valence-corrected chi connectivity index (χ3v) is 10.9. The van der Waals surface area contributed by atoms with Crippen molar-refractivity contribution in [2.75, 3.05) is 6.61 Å². The van der Waals surface area contributed by atoms with Gasteiger partial charge in [0.15, 0.2) is 0 Å². The van der Waals surface area contributed by atoms with Crippen molar-refractivity contribution in [3.63, 3.8) is 0 Å². The first-order chi connectivity index (χ1) is 15.9. The van der Waals surface area contributed by atoms with E-state index in [2.05, 4.69) is 59.8 Å². The average molecular weight is 473 g/mol. The van der Waals surface area contributed by atoms with Crippen LogP contribution >= 0.6 is 0 Å². The van der Waals surface area contributed by atoms with Crippen molar-refractivity contribution in [1.29, 1.82) is 0 Å². The smallest absolute Gasteiger partial charge is 0.135 e. The summed E-state index contributed by atoms with van der Waals surface area (Å²) in [7, 11) is 0. The van der Waals surface area contributed by atoms with Crippen LogP contribution < -0.4 is 0 Å². The maximum atomic E-state index is 12.4. The van der Waals surface area contributed by atoms with Gasteiger partial charge in [-0.2, -0.15) is 0 Å². The van der Waals surface area contributed by atoms with Crippen LogP contribution in [0, 0.1) is 46.3 Å². The van der Waals surface area contributed by atoms with Gasteiger partial charge in [0, 0.05) is 30.8 Å². The normalized spacial score (nSPS) is 46.1. The van der Waals surface area contributed by atoms with Gasteiger partial charge in [-0.15, -0.1) is 0 Å². The minimum absolute atomic E-state index is 0.0274. The lowest BCUT2D eigenvalue weighted by atomic mass is 9.45. The third-order valence-electron chi connectivity index (χ3n) is 10.9. The highest BCUT2D eigenvalue weighted by Crippen LogP contribution is 2.67. The fourth-order valence-corrected chi connectivity index (χ4v) is 8.33. The maximum absolute atomic E-state index is 12.4. The van der Waals surface area contributed by atoms with E-state index in [1.807, 2.05) is 6.92 Å². The lowest BCUT2D eigenvalue weighted by Gasteiger charge is -2.62. The SMILES string of the molecule is CCO[C@@H]1C=C2[C@@H]3[C@H](O)C[C@H]([C@H](C)C=C[C@H](C)C(C)C)[C@@]3(C)CC[C@@H]2[C@@]2(C)CCC(=O)C[C@]12O. The lowest BCUT2D eigenvalue weighted by Crippen LogP contribution is -2.65. The summed E-state index contributed by atoms with van der Waals surface area (Å²) in [4.78, 5) is 12.4. The summed E-state index contributed by atoms with van der Waals surface area (Å²) in [5, 5.41) is 23.5. The van der Waals surface area contributed by atoms with E-state index in [0.717, 1.165) is 19.3 Å². The highest BCUT2D eigenvalue weighted by Gasteiger charge is 2.66. The molecule has 4 rings (SSSR count). The van der Waals surface area contributed by atoms with Gasteiger partial charge in [-0.1, -0.05) is 65.3 Å². The van der Waals surface area contributed by atoms with Gasteiger partial charge in [0.1, 0.15) is 17.5 Å². The Kier molecular flexibility index (Phi) is 7.03. The van der Waals surface area contributed by atoms with Crippen LogP contribution in [-0.2, 0) is 9.53 Å². The van der Waals surface area contributed by atoms with Crippen LogP contribution in [0.5, 0.6) is 0 Å². The third kappa shape index (κ3) is 3.87. The van der Waals surface area contributed by atoms with E-state index in [1.54, 1.807) is 0 Å². The van der Waals surface area contributed by atoms with Crippen LogP contribution in [0.2, 0.25) is 0 Å². The summed E-state index contributed by atoms with van der Waals surface area (Å²) < 4.78 is 6.12. The number of aliphatic hydroxyl groups excluding tert-OH is 1. The molecule has 4 heteroatoms. The number of rotatable bonds is 6. The zero-order valence-electron chi connectivity index (χ0n) is 22.5. The molecule has 0 heterocycles. The number of carbonyl (C=O) groups excluding carboxylic acids is 1. The molecule has 0 saturated heterocycles. The van der Waals surface area contributed by atoms with E-state index in [9.17, 15) is 15.0 Å². The molecule has 4 aliphatic rings. The predicted molar refractivity (Wildman–Crippen MR) is 136 cm³/mol. The molecular formula is C30H48O4. The van der Waals surface area contributed by atoms with E-state index in [0.29, 0.717) is 43.1 Å². The van der Waals surface area contributed by atoms with Gasteiger partial charge in [-0.05, 0) is 67.6 Å². The highest BCUT2D eigenvalue weighted by atomic mass is 16.5. The molecule has 0 amide bonds. The zero-order chi connectivity index (χ0) is 25.1. The van der Waals surface area contributed by atoms with Crippen LogP contribution in [0.25, 0.3) is 0 Å². The number of ketones is 1. The van der Waals surface area contributed by atoms with Gasteiger partial charge in [0.2, 0.25) is 0 Å². The summed E-state index contributed by atoms with van der Waals surface area (Å²) in [6, 6.07) is 0. The van der Waals surface area contributed by atoms with Crippen molar-refractivity contribution < 1.29 is 19.7 Å². The number of allylic oxidation sites excluding steroid dienone is 2. The number of ether oxygens (including phenoxy) is 1. The molecular weight excluding hydrogens is 424 g/mol. The summed E-state index contributed by atoms with van der Waals surface area (Å²) in [5.41, 5.74) is -0.232. The molecule has 4 aliphatic carbocycles. The standard InChI is InChI=1S/C30H48O4/c1-8-34-26-15-22-23(29(7)14-11-21(31)17-30(26,29)33)12-13-28(6)24(16-25(32)27(22)28)20(5)10-9-19(4)18(2)3/h9-10,15,18-20,23-27,32-33H,8,11-14,16-17H2,1-7H3/t19-,20+,23-,24+,25+,26+,27+,28+,29+,30-/m0/s1. The summed E-state index contributed by atoms with van der Waals surface area (Å²) >= 11 is 0. The number of fused-ring (bicyclic) bond motifs is 5. The summed E-state index contributed by atoms with van der Waals surface area (Å²) in [5.74, 6) is 2.44. The van der Waals surface area contributed by atoms with Crippen LogP contribution in [0.15, 0.2) is 23.8 Å². The van der Waals surface area contributed by atoms with Gasteiger partial charge >= 0.3 is 0 Å². The van der Waals surface area contributed by atoms with Crippen molar-refractivity contribution in [1.82, 2.24) is 0 Å². The molecule has 0 radical (unpaired) electrons. The van der Waals surface area contributed by atoms with Crippen LogP contribution in [0.4, 0.5) is 0 Å². The largest absolute Gasteiger partial charge is 0.392 e. The number of hydrogen-bond acceptors (Lipinski definition) is 4. The Morgan fingerprint density at radius 1 is 1.18 bits per heavy atom. The van der Waals surface area contributed by atoms with Crippen molar-refractivity contribution in [3.05, 3.63) is 23.8 Å². The molecule has 0 aromatic rings. The minimum atomic E-state index is -1.16. The summed E-state index contributed by atoms with van der Waals surface area (Å²) in [6.07, 6.45) is 10.3. The Labute approximate surface area is 207 Å². The van der Waals surface area contributed by atoms with Gasteiger partial charge in [-0.25, -0.2) is 0 Å². The monoisotopic (exact) mass is 472 g/mol. The van der Waals surface area contributed by atoms with Gasteiger partial charge < -0.3 is 14.9 Å². The average Bonchev–Trinajstić information content (AvgIpc) is 3.04. The van der Waals surface area contributed by atoms with Crippen LogP contribution in [-0.4, -0.2) is 40.4 Å². The zero-order valence-corrected chi connectivity index (χ0v) is 22.5. The molecule has 0 bridgehead atoms.